The van der Waals surface area contributed by atoms with Crippen LogP contribution in [0, 0.1) is 20.8 Å². The van der Waals surface area contributed by atoms with Gasteiger partial charge in [0.25, 0.3) is 0 Å². The first-order chi connectivity index (χ1) is 27.0. The summed E-state index contributed by atoms with van der Waals surface area (Å²) in [6.07, 6.45) is 4.31. The number of piperazine rings is 1. The van der Waals surface area contributed by atoms with Crippen molar-refractivity contribution in [1.82, 2.24) is 15.1 Å². The fourth-order valence-corrected chi connectivity index (χ4v) is 11.4. The third-order valence-corrected chi connectivity index (χ3v) is 13.9. The molecule has 13 heteroatoms. The number of carbonyl (C=O) groups excluding carboxylic acids is 1. The summed E-state index contributed by atoms with van der Waals surface area (Å²) >= 11 is 1.72. The highest BCUT2D eigenvalue weighted by Gasteiger charge is 2.54. The van der Waals surface area contributed by atoms with Crippen LogP contribution >= 0.6 is 11.8 Å². The highest BCUT2D eigenvalue weighted by molar-refractivity contribution is 8.00. The summed E-state index contributed by atoms with van der Waals surface area (Å²) < 4.78 is 43.0. The zero-order valence-electron chi connectivity index (χ0n) is 33.2. The molecule has 0 aliphatic carbocycles. The topological polar surface area (TPSA) is 120 Å². The maximum atomic E-state index is 14.9. The molecule has 2 saturated heterocycles. The van der Waals surface area contributed by atoms with E-state index in [2.05, 4.69) is 55.2 Å². The first-order valence-electron chi connectivity index (χ1n) is 19.1. The summed E-state index contributed by atoms with van der Waals surface area (Å²) in [6.45, 7) is 17.4. The number of aryl methyl sites for hydroxylation is 1. The maximum Gasteiger partial charge on any atom is 0.331 e. The lowest BCUT2D eigenvalue weighted by molar-refractivity contribution is -0.155. The van der Waals surface area contributed by atoms with E-state index in [1.54, 1.807) is 31.0 Å². The van der Waals surface area contributed by atoms with Crippen LogP contribution < -0.4 is 33.7 Å². The number of ether oxygens (including phenoxy) is 7. The van der Waals surface area contributed by atoms with Crippen LogP contribution in [0.1, 0.15) is 63.5 Å². The second kappa shape index (κ2) is 14.7. The standard InChI is InChI=1S/C43H51N3O9S/c1-10-51-38-23(4)33(40-39(24(38)5)54-21-55-40)30-19-53-42(48)43(29-17-32(49-8)31(47)16-26(29)12-13-44-43)20-56-25(6)35-36-34-27(15-28(45(36)7)18-46(30)35)14-22(3)37(50-9)41(34)52-11-2/h10-11,14,16-17,25,28,30,35-36,44,47H,1-2,12-13,15,18-21H2,3-9H3/t25?,28?,30?,35?,36?,43-/m1/s1. The van der Waals surface area contributed by atoms with Crippen LogP contribution in [-0.2, 0) is 27.9 Å². The highest BCUT2D eigenvalue weighted by Crippen LogP contribution is 2.56. The number of nitrogens with zero attached hydrogens (tertiary/aromatic N) is 2. The van der Waals surface area contributed by atoms with Crippen LogP contribution in [-0.4, -0.2) is 91.7 Å². The molecule has 5 aliphatic heterocycles. The fourth-order valence-electron chi connectivity index (χ4n) is 9.97. The number of nitrogens with one attached hydrogen (secondary N) is 1. The van der Waals surface area contributed by atoms with Gasteiger partial charge in [-0.2, -0.15) is 11.8 Å². The zero-order chi connectivity index (χ0) is 39.6. The summed E-state index contributed by atoms with van der Waals surface area (Å²) in [4.78, 5) is 19.9. The number of phenolic OH excluding ortho intramolecular Hbond substituents is 1. The van der Waals surface area contributed by atoms with Crippen LogP contribution in [0.25, 0.3) is 0 Å². The predicted octanol–water partition coefficient (Wildman–Crippen LogP) is 6.15. The van der Waals surface area contributed by atoms with E-state index in [1.807, 2.05) is 13.8 Å². The largest absolute Gasteiger partial charge is 0.504 e. The molecule has 56 heavy (non-hydrogen) atoms. The molecular formula is C43H51N3O9S. The Bertz CT molecular complexity index is 2110. The summed E-state index contributed by atoms with van der Waals surface area (Å²) in [5.41, 5.74) is 6.22. The summed E-state index contributed by atoms with van der Waals surface area (Å²) in [6, 6.07) is 5.10. The second-order valence-electron chi connectivity index (χ2n) is 15.3. The quantitative estimate of drug-likeness (QED) is 0.211. The van der Waals surface area contributed by atoms with Crippen LogP contribution in [0.4, 0.5) is 0 Å². The van der Waals surface area contributed by atoms with Gasteiger partial charge in [-0.15, -0.1) is 0 Å². The van der Waals surface area contributed by atoms with Crippen molar-refractivity contribution < 1.29 is 43.1 Å². The van der Waals surface area contributed by atoms with Gasteiger partial charge >= 0.3 is 5.97 Å². The molecule has 8 rings (SSSR count). The minimum absolute atomic E-state index is 0.0250. The number of rotatable bonds is 7. The van der Waals surface area contributed by atoms with Crippen LogP contribution in [0.15, 0.2) is 43.9 Å². The van der Waals surface area contributed by atoms with Crippen molar-refractivity contribution in [1.29, 1.82) is 0 Å². The van der Waals surface area contributed by atoms with Crippen molar-refractivity contribution >= 4 is 17.7 Å². The molecule has 2 N–H and O–H groups in total. The molecule has 5 aliphatic rings. The van der Waals surface area contributed by atoms with E-state index in [0.29, 0.717) is 59.8 Å². The van der Waals surface area contributed by atoms with Gasteiger partial charge in [-0.25, -0.2) is 4.79 Å². The van der Waals surface area contributed by atoms with E-state index >= 15 is 0 Å². The lowest BCUT2D eigenvalue weighted by Gasteiger charge is -2.58. The molecule has 5 unspecified atom stereocenters. The number of phenols is 1. The SMILES string of the molecule is C=COc1c(C)c2c(c(C3COC(=O)[C@]4(CSC(C)C5C6c7c(cc(C)c(OC)c7OC=C)CC(CN35)N6C)NCCc3cc(O)c(OC)cc34)c1C)OCO2. The van der Waals surface area contributed by atoms with Crippen molar-refractivity contribution in [3.05, 3.63) is 88.4 Å². The molecule has 3 aromatic carbocycles. The van der Waals surface area contributed by atoms with E-state index in [1.165, 1.54) is 25.2 Å². The van der Waals surface area contributed by atoms with Crippen molar-refractivity contribution in [3.8, 4) is 40.2 Å². The Morgan fingerprint density at radius 1 is 0.964 bits per heavy atom. The van der Waals surface area contributed by atoms with E-state index in [0.717, 1.165) is 45.4 Å². The van der Waals surface area contributed by atoms with E-state index in [9.17, 15) is 9.90 Å². The molecule has 0 aromatic heterocycles. The van der Waals surface area contributed by atoms with Gasteiger partial charge in [-0.1, -0.05) is 26.1 Å². The molecule has 0 saturated carbocycles. The number of thioether (sulfide) groups is 1. The highest BCUT2D eigenvalue weighted by atomic mass is 32.2. The first kappa shape index (κ1) is 38.3. The lowest BCUT2D eigenvalue weighted by atomic mass is 9.77. The summed E-state index contributed by atoms with van der Waals surface area (Å²) in [5, 5.41) is 14.3. The molecule has 6 atom stereocenters. The Balaban J connectivity index is 1.36. The van der Waals surface area contributed by atoms with E-state index < -0.39 is 17.6 Å². The minimum atomic E-state index is -1.22. The van der Waals surface area contributed by atoms with Crippen molar-refractivity contribution in [2.75, 3.05) is 53.5 Å². The Hall–Kier alpha value is -4.56. The van der Waals surface area contributed by atoms with Crippen molar-refractivity contribution in [2.24, 2.45) is 0 Å². The van der Waals surface area contributed by atoms with Gasteiger partial charge in [-0.3, -0.25) is 15.1 Å². The number of likely N-dealkylation sites (N-methyl/N-ethyl adjacent to an activating group) is 1. The number of fused-ring (bicyclic) bond motifs is 9. The number of hydrogen-bond acceptors (Lipinski definition) is 13. The van der Waals surface area contributed by atoms with Gasteiger partial charge in [0, 0.05) is 58.4 Å². The predicted molar refractivity (Wildman–Crippen MR) is 214 cm³/mol. The van der Waals surface area contributed by atoms with Crippen molar-refractivity contribution in [2.45, 2.75) is 75.5 Å². The van der Waals surface area contributed by atoms with Crippen LogP contribution in [0.3, 0.4) is 0 Å². The molecule has 0 radical (unpaired) electrons. The average molecular weight is 786 g/mol. The Labute approximate surface area is 332 Å². The molecular weight excluding hydrogens is 735 g/mol. The molecule has 298 valence electrons. The Kier molecular flexibility index (Phi) is 10.1. The number of hydrogen-bond donors (Lipinski definition) is 2. The van der Waals surface area contributed by atoms with Gasteiger partial charge < -0.3 is 38.3 Å². The number of aromatic hydroxyl groups is 1. The van der Waals surface area contributed by atoms with Gasteiger partial charge in [-0.05, 0) is 75.0 Å². The molecule has 3 aromatic rings. The molecule has 2 bridgehead atoms. The molecule has 1 spiro atoms. The smallest absolute Gasteiger partial charge is 0.331 e. The Morgan fingerprint density at radius 2 is 1.71 bits per heavy atom. The van der Waals surface area contributed by atoms with Gasteiger partial charge in [0.1, 0.15) is 12.4 Å². The number of carbonyl (C=O) groups is 1. The number of benzene rings is 3. The summed E-state index contributed by atoms with van der Waals surface area (Å²) in [7, 11) is 5.39. The average Bonchev–Trinajstić information content (AvgIpc) is 3.66. The summed E-state index contributed by atoms with van der Waals surface area (Å²) in [5.74, 6) is 3.55. The van der Waals surface area contributed by atoms with Crippen LogP contribution in [0.2, 0.25) is 0 Å². The normalized spacial score (nSPS) is 27.0. The Morgan fingerprint density at radius 3 is 2.45 bits per heavy atom. The van der Waals surface area contributed by atoms with Gasteiger partial charge in [0.15, 0.2) is 40.0 Å². The van der Waals surface area contributed by atoms with Gasteiger partial charge in [0.05, 0.1) is 38.8 Å². The second-order valence-corrected chi connectivity index (χ2v) is 16.7. The molecule has 5 heterocycles. The molecule has 2 fully saturated rings. The molecule has 12 nitrogen and oxygen atoms in total. The molecule has 0 amide bonds. The lowest BCUT2D eigenvalue weighted by Crippen LogP contribution is -2.65. The maximum absolute atomic E-state index is 14.9. The third kappa shape index (κ3) is 5.80. The number of methoxy groups -OCH3 is 2. The number of esters is 1. The monoisotopic (exact) mass is 785 g/mol. The van der Waals surface area contributed by atoms with Gasteiger partial charge in [0.2, 0.25) is 6.79 Å². The van der Waals surface area contributed by atoms with Crippen molar-refractivity contribution in [3.63, 3.8) is 0 Å². The van der Waals surface area contributed by atoms with E-state index in [4.69, 9.17) is 33.2 Å². The zero-order valence-corrected chi connectivity index (χ0v) is 34.0. The first-order valence-corrected chi connectivity index (χ1v) is 20.1. The number of cyclic esters (lactones) is 1. The van der Waals surface area contributed by atoms with Crippen LogP contribution in [0.5, 0.6) is 40.2 Å². The third-order valence-electron chi connectivity index (χ3n) is 12.5. The fraction of sp³-hybridized carbons (Fsp3) is 0.465. The van der Waals surface area contributed by atoms with E-state index in [-0.39, 0.29) is 42.5 Å². The minimum Gasteiger partial charge on any atom is -0.504 e.